The van der Waals surface area contributed by atoms with E-state index < -0.39 is 0 Å². The number of allylic oxidation sites excluding steroid dienone is 1. The van der Waals surface area contributed by atoms with E-state index in [1.165, 1.54) is 17.5 Å². The van der Waals surface area contributed by atoms with E-state index in [1.807, 2.05) is 0 Å². The number of rotatable bonds is 4. The van der Waals surface area contributed by atoms with Crippen molar-refractivity contribution < 1.29 is 0 Å². The van der Waals surface area contributed by atoms with Crippen molar-refractivity contribution in [2.75, 3.05) is 13.1 Å². The Morgan fingerprint density at radius 3 is 3.18 bits per heavy atom. The predicted molar refractivity (Wildman–Crippen MR) is 72.9 cm³/mol. The molecule has 0 aliphatic carbocycles. The normalized spacial score (nSPS) is 20.2. The van der Waals surface area contributed by atoms with Crippen molar-refractivity contribution in [2.45, 2.75) is 32.4 Å². The van der Waals surface area contributed by atoms with Crippen LogP contribution in [-0.2, 0) is 6.54 Å². The molecule has 0 bridgehead atoms. The molecule has 0 spiro atoms. The summed E-state index contributed by atoms with van der Waals surface area (Å²) in [6, 6.07) is 9.27. The average Bonchev–Trinajstić information content (AvgIpc) is 2.57. The Morgan fingerprint density at radius 2 is 2.29 bits per heavy atom. The first kappa shape index (κ1) is 12.3. The Labute approximate surface area is 104 Å². The Kier molecular flexibility index (Phi) is 4.77. The summed E-state index contributed by atoms with van der Waals surface area (Å²) in [5, 5.41) is 7.14. The quantitative estimate of drug-likeness (QED) is 0.614. The van der Waals surface area contributed by atoms with E-state index in [0.29, 0.717) is 6.04 Å². The van der Waals surface area contributed by atoms with Gasteiger partial charge in [0.2, 0.25) is 0 Å². The molecular weight excluding hydrogens is 208 g/mol. The summed E-state index contributed by atoms with van der Waals surface area (Å²) < 4.78 is 0. The highest BCUT2D eigenvalue weighted by Gasteiger charge is 2.16. The number of hydrogen-bond acceptors (Lipinski definition) is 2. The first-order valence-electron chi connectivity index (χ1n) is 6.55. The molecule has 0 aromatic heterocycles. The average molecular weight is 230 g/mol. The van der Waals surface area contributed by atoms with Gasteiger partial charge in [-0.15, -0.1) is 0 Å². The van der Waals surface area contributed by atoms with Gasteiger partial charge in [0.15, 0.2) is 0 Å². The van der Waals surface area contributed by atoms with Gasteiger partial charge in [0, 0.05) is 12.6 Å². The van der Waals surface area contributed by atoms with E-state index in [-0.39, 0.29) is 0 Å². The molecule has 1 unspecified atom stereocenters. The highest BCUT2D eigenvalue weighted by atomic mass is 14.9. The standard InChI is InChI=1S/C15H22N2/c1-2-3-6-10-17-15-9-11-16-12-13-7-4-5-8-14(13)15/h2-5,7-8,15-17H,6,9-12H2,1H3/b3-2+. The van der Waals surface area contributed by atoms with Crippen LogP contribution in [0.15, 0.2) is 36.4 Å². The second-order valence-electron chi connectivity index (χ2n) is 4.53. The maximum Gasteiger partial charge on any atom is 0.0335 e. The highest BCUT2D eigenvalue weighted by molar-refractivity contribution is 5.30. The van der Waals surface area contributed by atoms with Crippen molar-refractivity contribution in [3.63, 3.8) is 0 Å². The minimum absolute atomic E-state index is 0.506. The highest BCUT2D eigenvalue weighted by Crippen LogP contribution is 2.23. The fourth-order valence-corrected chi connectivity index (χ4v) is 2.38. The SMILES string of the molecule is C/C=C/CCNC1CCNCc2ccccc21. The monoisotopic (exact) mass is 230 g/mol. The van der Waals surface area contributed by atoms with E-state index >= 15 is 0 Å². The maximum absolute atomic E-state index is 3.66. The van der Waals surface area contributed by atoms with Crippen molar-refractivity contribution >= 4 is 0 Å². The molecule has 0 amide bonds. The van der Waals surface area contributed by atoms with Crippen molar-refractivity contribution in [2.24, 2.45) is 0 Å². The number of benzene rings is 1. The summed E-state index contributed by atoms with van der Waals surface area (Å²) in [5.74, 6) is 0. The van der Waals surface area contributed by atoms with Gasteiger partial charge in [-0.3, -0.25) is 0 Å². The number of hydrogen-bond donors (Lipinski definition) is 2. The van der Waals surface area contributed by atoms with Crippen LogP contribution in [0.4, 0.5) is 0 Å². The zero-order valence-corrected chi connectivity index (χ0v) is 10.6. The maximum atomic E-state index is 3.66. The molecule has 2 nitrogen and oxygen atoms in total. The van der Waals surface area contributed by atoms with E-state index in [4.69, 9.17) is 0 Å². The molecule has 2 rings (SSSR count). The van der Waals surface area contributed by atoms with Gasteiger partial charge >= 0.3 is 0 Å². The van der Waals surface area contributed by atoms with E-state index in [2.05, 4.69) is 54.0 Å². The van der Waals surface area contributed by atoms with Crippen molar-refractivity contribution in [3.8, 4) is 0 Å². The Bertz CT molecular complexity index is 371. The molecule has 0 fully saturated rings. The van der Waals surface area contributed by atoms with Crippen LogP contribution in [0.25, 0.3) is 0 Å². The molecule has 17 heavy (non-hydrogen) atoms. The third-order valence-corrected chi connectivity index (χ3v) is 3.29. The second kappa shape index (κ2) is 6.58. The third-order valence-electron chi connectivity index (χ3n) is 3.29. The molecule has 1 heterocycles. The lowest BCUT2D eigenvalue weighted by Gasteiger charge is -2.18. The lowest BCUT2D eigenvalue weighted by atomic mass is 9.99. The third kappa shape index (κ3) is 3.42. The summed E-state index contributed by atoms with van der Waals surface area (Å²) in [7, 11) is 0. The molecule has 0 saturated carbocycles. The summed E-state index contributed by atoms with van der Waals surface area (Å²) in [6.07, 6.45) is 6.62. The number of nitrogens with one attached hydrogen (secondary N) is 2. The van der Waals surface area contributed by atoms with Gasteiger partial charge in [-0.2, -0.15) is 0 Å². The first-order valence-corrected chi connectivity index (χ1v) is 6.55. The summed E-state index contributed by atoms with van der Waals surface area (Å²) in [5.41, 5.74) is 2.91. The smallest absolute Gasteiger partial charge is 0.0335 e. The van der Waals surface area contributed by atoms with Crippen LogP contribution in [0, 0.1) is 0 Å². The van der Waals surface area contributed by atoms with E-state index in [0.717, 1.165) is 26.1 Å². The second-order valence-corrected chi connectivity index (χ2v) is 4.53. The lowest BCUT2D eigenvalue weighted by Crippen LogP contribution is -2.23. The van der Waals surface area contributed by atoms with Crippen molar-refractivity contribution in [1.29, 1.82) is 0 Å². The fraction of sp³-hybridized carbons (Fsp3) is 0.467. The van der Waals surface area contributed by atoms with Gasteiger partial charge in [0.25, 0.3) is 0 Å². The van der Waals surface area contributed by atoms with Gasteiger partial charge < -0.3 is 10.6 Å². The van der Waals surface area contributed by atoms with Crippen LogP contribution in [0.1, 0.15) is 36.9 Å². The van der Waals surface area contributed by atoms with Crippen LogP contribution in [0.3, 0.4) is 0 Å². The number of fused-ring (bicyclic) bond motifs is 1. The van der Waals surface area contributed by atoms with E-state index in [1.54, 1.807) is 0 Å². The summed E-state index contributed by atoms with van der Waals surface area (Å²) in [4.78, 5) is 0. The molecule has 1 aliphatic heterocycles. The molecule has 1 atom stereocenters. The molecule has 0 saturated heterocycles. The predicted octanol–water partition coefficient (Wildman–Crippen LogP) is 2.78. The first-order chi connectivity index (χ1) is 8.42. The zero-order chi connectivity index (χ0) is 11.9. The Balaban J connectivity index is 2.01. The molecule has 1 aliphatic rings. The van der Waals surface area contributed by atoms with Crippen molar-refractivity contribution in [3.05, 3.63) is 47.5 Å². The molecule has 1 aromatic rings. The van der Waals surface area contributed by atoms with Crippen LogP contribution < -0.4 is 10.6 Å². The molecular formula is C15H22N2. The molecule has 2 N–H and O–H groups in total. The largest absolute Gasteiger partial charge is 0.313 e. The van der Waals surface area contributed by atoms with Crippen LogP contribution in [0.5, 0.6) is 0 Å². The van der Waals surface area contributed by atoms with Crippen molar-refractivity contribution in [1.82, 2.24) is 10.6 Å². The zero-order valence-electron chi connectivity index (χ0n) is 10.6. The molecule has 92 valence electrons. The van der Waals surface area contributed by atoms with E-state index in [9.17, 15) is 0 Å². The van der Waals surface area contributed by atoms with Crippen LogP contribution in [-0.4, -0.2) is 13.1 Å². The topological polar surface area (TPSA) is 24.1 Å². The minimum Gasteiger partial charge on any atom is -0.313 e. The summed E-state index contributed by atoms with van der Waals surface area (Å²) >= 11 is 0. The van der Waals surface area contributed by atoms with Gasteiger partial charge in [0.05, 0.1) is 0 Å². The van der Waals surface area contributed by atoms with Crippen LogP contribution in [0.2, 0.25) is 0 Å². The summed E-state index contributed by atoms with van der Waals surface area (Å²) in [6.45, 7) is 5.23. The molecule has 2 heteroatoms. The van der Waals surface area contributed by atoms with Gasteiger partial charge in [-0.25, -0.2) is 0 Å². The van der Waals surface area contributed by atoms with Gasteiger partial charge in [0.1, 0.15) is 0 Å². The minimum atomic E-state index is 0.506. The molecule has 0 radical (unpaired) electrons. The van der Waals surface area contributed by atoms with Gasteiger partial charge in [-0.05, 0) is 44.0 Å². The molecule has 1 aromatic carbocycles. The Hall–Kier alpha value is -1.12. The fourth-order valence-electron chi connectivity index (χ4n) is 2.38. The van der Waals surface area contributed by atoms with Gasteiger partial charge in [-0.1, -0.05) is 36.4 Å². The Morgan fingerprint density at radius 1 is 1.41 bits per heavy atom. The lowest BCUT2D eigenvalue weighted by molar-refractivity contribution is 0.501. The van der Waals surface area contributed by atoms with Crippen LogP contribution >= 0.6 is 0 Å².